The summed E-state index contributed by atoms with van der Waals surface area (Å²) in [5.74, 6) is 1.58. The van der Waals surface area contributed by atoms with Crippen molar-refractivity contribution in [3.8, 4) is 0 Å². The highest BCUT2D eigenvalue weighted by Gasteiger charge is 2.15. The molecule has 11 heavy (non-hydrogen) atoms. The van der Waals surface area contributed by atoms with Crippen molar-refractivity contribution in [2.45, 2.75) is 32.6 Å². The van der Waals surface area contributed by atoms with Gasteiger partial charge in [0.15, 0.2) is 0 Å². The van der Waals surface area contributed by atoms with E-state index in [2.05, 4.69) is 13.0 Å². The van der Waals surface area contributed by atoms with E-state index in [9.17, 15) is 4.79 Å². The van der Waals surface area contributed by atoms with Crippen LogP contribution in [0.1, 0.15) is 32.6 Å². The van der Waals surface area contributed by atoms with Crippen molar-refractivity contribution in [1.82, 2.24) is 0 Å². The van der Waals surface area contributed by atoms with Crippen LogP contribution in [0.2, 0.25) is 0 Å². The van der Waals surface area contributed by atoms with Gasteiger partial charge >= 0.3 is 0 Å². The molecule has 0 aromatic carbocycles. The molecule has 0 heterocycles. The van der Waals surface area contributed by atoms with Gasteiger partial charge in [-0.05, 0) is 30.8 Å². The minimum atomic E-state index is 0.677. The first kappa shape index (κ1) is 8.51. The van der Waals surface area contributed by atoms with Crippen molar-refractivity contribution in [1.29, 1.82) is 0 Å². The maximum Gasteiger partial charge on any atom is 0.142 e. The predicted molar refractivity (Wildman–Crippen MR) is 46.3 cm³/mol. The average Bonchev–Trinajstić information content (AvgIpc) is 2.04. The Morgan fingerprint density at radius 1 is 1.18 bits per heavy atom. The lowest BCUT2D eigenvalue weighted by molar-refractivity contribution is -0.104. The summed E-state index contributed by atoms with van der Waals surface area (Å²) in [6.45, 7) is 2.31. The molecule has 0 aromatic rings. The van der Waals surface area contributed by atoms with Gasteiger partial charge in [-0.3, -0.25) is 4.79 Å². The second-order valence-corrected chi connectivity index (χ2v) is 3.54. The van der Waals surface area contributed by atoms with Gasteiger partial charge in [0.25, 0.3) is 0 Å². The zero-order valence-corrected chi connectivity index (χ0v) is 7.12. The lowest BCUT2D eigenvalue weighted by atomic mass is 9.83. The van der Waals surface area contributed by atoms with E-state index in [0.29, 0.717) is 5.92 Å². The largest absolute Gasteiger partial charge is 0.299 e. The molecule has 1 aliphatic rings. The summed E-state index contributed by atoms with van der Waals surface area (Å²) in [6.07, 6.45) is 9.76. The predicted octanol–water partition coefficient (Wildman–Crippen LogP) is 2.57. The van der Waals surface area contributed by atoms with Crippen molar-refractivity contribution < 1.29 is 4.79 Å². The molecule has 0 N–H and O–H groups in total. The number of carbonyl (C=O) groups excluding carboxylic acids is 1. The van der Waals surface area contributed by atoms with Crippen LogP contribution in [0.4, 0.5) is 0 Å². The lowest BCUT2D eigenvalue weighted by Crippen LogP contribution is -2.09. The van der Waals surface area contributed by atoms with Crippen LogP contribution in [0.15, 0.2) is 12.2 Å². The molecule has 0 unspecified atom stereocenters. The van der Waals surface area contributed by atoms with E-state index in [1.54, 1.807) is 6.08 Å². The lowest BCUT2D eigenvalue weighted by Gasteiger charge is -2.23. The molecule has 0 bridgehead atoms. The van der Waals surface area contributed by atoms with Gasteiger partial charge in [-0.25, -0.2) is 0 Å². The third kappa shape index (κ3) is 2.87. The van der Waals surface area contributed by atoms with Crippen molar-refractivity contribution >= 4 is 6.29 Å². The molecule has 0 atom stereocenters. The Hall–Kier alpha value is -0.590. The van der Waals surface area contributed by atoms with Crippen LogP contribution in [0.25, 0.3) is 0 Å². The van der Waals surface area contributed by atoms with Gasteiger partial charge in [0, 0.05) is 0 Å². The smallest absolute Gasteiger partial charge is 0.142 e. The van der Waals surface area contributed by atoms with E-state index >= 15 is 0 Å². The SMILES string of the molecule is CC1CCC(/C=C/C=O)CC1. The summed E-state index contributed by atoms with van der Waals surface area (Å²) >= 11 is 0. The Morgan fingerprint density at radius 3 is 2.36 bits per heavy atom. The topological polar surface area (TPSA) is 17.1 Å². The van der Waals surface area contributed by atoms with Crippen molar-refractivity contribution in [2.24, 2.45) is 11.8 Å². The molecule has 1 saturated carbocycles. The summed E-state index contributed by atoms with van der Waals surface area (Å²) in [7, 11) is 0. The molecule has 0 amide bonds. The normalized spacial score (nSPS) is 32.5. The fourth-order valence-electron chi connectivity index (χ4n) is 1.68. The Balaban J connectivity index is 2.27. The maximum atomic E-state index is 10.0. The highest BCUT2D eigenvalue weighted by Crippen LogP contribution is 2.28. The van der Waals surface area contributed by atoms with E-state index in [1.807, 2.05) is 0 Å². The minimum absolute atomic E-state index is 0.677. The monoisotopic (exact) mass is 152 g/mol. The summed E-state index contributed by atoms with van der Waals surface area (Å²) in [5, 5.41) is 0. The van der Waals surface area contributed by atoms with Crippen molar-refractivity contribution in [2.75, 3.05) is 0 Å². The Bertz CT molecular complexity index is 141. The maximum absolute atomic E-state index is 10.0. The molecule has 0 spiro atoms. The number of rotatable bonds is 2. The van der Waals surface area contributed by atoms with Gasteiger partial charge in [0.1, 0.15) is 6.29 Å². The minimum Gasteiger partial charge on any atom is -0.299 e. The van der Waals surface area contributed by atoms with Crippen LogP contribution in [-0.4, -0.2) is 6.29 Å². The third-order valence-electron chi connectivity index (χ3n) is 2.52. The highest BCUT2D eigenvalue weighted by molar-refractivity contribution is 5.64. The fourth-order valence-corrected chi connectivity index (χ4v) is 1.68. The molecule has 1 nitrogen and oxygen atoms in total. The molecule has 0 radical (unpaired) electrons. The highest BCUT2D eigenvalue weighted by atomic mass is 16.1. The van der Waals surface area contributed by atoms with E-state index in [1.165, 1.54) is 25.7 Å². The Labute approximate surface area is 68.5 Å². The zero-order chi connectivity index (χ0) is 8.10. The standard InChI is InChI=1S/C10H16O/c1-9-4-6-10(7-5-9)3-2-8-11/h2-3,8-10H,4-7H2,1H3/b3-2+. The average molecular weight is 152 g/mol. The first-order valence-electron chi connectivity index (χ1n) is 4.45. The number of hydrogen-bond acceptors (Lipinski definition) is 1. The van der Waals surface area contributed by atoms with E-state index in [-0.39, 0.29) is 0 Å². The zero-order valence-electron chi connectivity index (χ0n) is 7.12. The van der Waals surface area contributed by atoms with Crippen LogP contribution < -0.4 is 0 Å². The number of aldehydes is 1. The van der Waals surface area contributed by atoms with Crippen LogP contribution >= 0.6 is 0 Å². The second kappa shape index (κ2) is 4.32. The quantitative estimate of drug-likeness (QED) is 0.439. The Morgan fingerprint density at radius 2 is 1.82 bits per heavy atom. The number of hydrogen-bond donors (Lipinski definition) is 0. The molecule has 1 rings (SSSR count). The second-order valence-electron chi connectivity index (χ2n) is 3.54. The summed E-state index contributed by atoms with van der Waals surface area (Å²) in [4.78, 5) is 10.0. The van der Waals surface area contributed by atoms with Gasteiger partial charge in [-0.1, -0.05) is 25.8 Å². The van der Waals surface area contributed by atoms with Crippen LogP contribution in [-0.2, 0) is 4.79 Å². The first-order valence-corrected chi connectivity index (χ1v) is 4.45. The summed E-state index contributed by atoms with van der Waals surface area (Å²) in [6, 6.07) is 0. The van der Waals surface area contributed by atoms with Crippen LogP contribution in [0.5, 0.6) is 0 Å². The molecule has 1 aliphatic carbocycles. The van der Waals surface area contributed by atoms with Crippen molar-refractivity contribution in [3.05, 3.63) is 12.2 Å². The van der Waals surface area contributed by atoms with Gasteiger partial charge in [0.05, 0.1) is 0 Å². The van der Waals surface area contributed by atoms with Crippen LogP contribution in [0.3, 0.4) is 0 Å². The first-order chi connectivity index (χ1) is 5.33. The molecular weight excluding hydrogens is 136 g/mol. The number of carbonyl (C=O) groups is 1. The Kier molecular flexibility index (Phi) is 3.34. The molecular formula is C10H16O. The van der Waals surface area contributed by atoms with Crippen LogP contribution in [0, 0.1) is 11.8 Å². The molecule has 0 saturated heterocycles. The molecule has 1 fully saturated rings. The van der Waals surface area contributed by atoms with E-state index in [0.717, 1.165) is 12.2 Å². The van der Waals surface area contributed by atoms with Gasteiger partial charge in [-0.2, -0.15) is 0 Å². The van der Waals surface area contributed by atoms with E-state index < -0.39 is 0 Å². The van der Waals surface area contributed by atoms with Gasteiger partial charge in [0.2, 0.25) is 0 Å². The van der Waals surface area contributed by atoms with Gasteiger partial charge < -0.3 is 0 Å². The number of allylic oxidation sites excluding steroid dienone is 2. The van der Waals surface area contributed by atoms with Crippen molar-refractivity contribution in [3.63, 3.8) is 0 Å². The third-order valence-corrected chi connectivity index (χ3v) is 2.52. The van der Waals surface area contributed by atoms with E-state index in [4.69, 9.17) is 0 Å². The molecule has 62 valence electrons. The fraction of sp³-hybridized carbons (Fsp3) is 0.700. The molecule has 1 heteroatoms. The molecule has 0 aliphatic heterocycles. The summed E-state index contributed by atoms with van der Waals surface area (Å²) in [5.41, 5.74) is 0. The van der Waals surface area contributed by atoms with Gasteiger partial charge in [-0.15, -0.1) is 0 Å². The summed E-state index contributed by atoms with van der Waals surface area (Å²) < 4.78 is 0. The molecule has 0 aromatic heterocycles.